The van der Waals surface area contributed by atoms with Gasteiger partial charge in [-0.3, -0.25) is 4.99 Å². The molecular formula is C17H34N4O3. The molecule has 0 aromatic carbocycles. The van der Waals surface area contributed by atoms with Crippen molar-refractivity contribution in [3.05, 3.63) is 0 Å². The van der Waals surface area contributed by atoms with Crippen molar-refractivity contribution >= 4 is 12.1 Å². The fraction of sp³-hybridized carbons (Fsp3) is 0.882. The summed E-state index contributed by atoms with van der Waals surface area (Å²) in [5, 5.41) is 6.33. The Morgan fingerprint density at radius 3 is 2.67 bits per heavy atom. The Hall–Kier alpha value is -1.50. The molecule has 1 rings (SSSR count). The molecule has 1 heterocycles. The van der Waals surface area contributed by atoms with E-state index in [0.29, 0.717) is 0 Å². The zero-order valence-corrected chi connectivity index (χ0v) is 15.9. The van der Waals surface area contributed by atoms with E-state index in [9.17, 15) is 4.79 Å². The summed E-state index contributed by atoms with van der Waals surface area (Å²) in [5.41, 5.74) is -0.469. The lowest BCUT2D eigenvalue weighted by atomic mass is 10.2. The van der Waals surface area contributed by atoms with Crippen molar-refractivity contribution < 1.29 is 14.3 Å². The van der Waals surface area contributed by atoms with Crippen LogP contribution in [0.25, 0.3) is 0 Å². The van der Waals surface area contributed by atoms with Gasteiger partial charge in [-0.15, -0.1) is 0 Å². The smallest absolute Gasteiger partial charge is 0.407 e. The third kappa shape index (κ3) is 8.38. The van der Waals surface area contributed by atoms with Gasteiger partial charge >= 0.3 is 6.09 Å². The van der Waals surface area contributed by atoms with Gasteiger partial charge in [0.25, 0.3) is 0 Å². The topological polar surface area (TPSA) is 75.2 Å². The summed E-state index contributed by atoms with van der Waals surface area (Å²) < 4.78 is 10.4. The molecule has 1 saturated heterocycles. The predicted octanol–water partition coefficient (Wildman–Crippen LogP) is 1.98. The number of unbranched alkanes of at least 4 members (excludes halogenated alkanes) is 2. The van der Waals surface area contributed by atoms with Gasteiger partial charge in [-0.25, -0.2) is 4.79 Å². The van der Waals surface area contributed by atoms with Crippen molar-refractivity contribution in [1.82, 2.24) is 15.5 Å². The van der Waals surface area contributed by atoms with Crippen LogP contribution < -0.4 is 10.6 Å². The number of amides is 1. The first-order chi connectivity index (χ1) is 11.4. The largest absolute Gasteiger partial charge is 0.444 e. The van der Waals surface area contributed by atoms with Gasteiger partial charge in [-0.2, -0.15) is 0 Å². The summed E-state index contributed by atoms with van der Waals surface area (Å²) in [7, 11) is 3.52. The number of nitrogens with zero attached hydrogens (tertiary/aromatic N) is 2. The maximum atomic E-state index is 11.8. The number of alkyl carbamates (subject to hydrolysis) is 1. The molecule has 1 atom stereocenters. The number of likely N-dealkylation sites (tertiary alicyclic amines) is 1. The minimum atomic E-state index is -0.469. The van der Waals surface area contributed by atoms with Crippen molar-refractivity contribution in [2.24, 2.45) is 4.99 Å². The monoisotopic (exact) mass is 342 g/mol. The highest BCUT2D eigenvalue weighted by molar-refractivity contribution is 5.80. The molecule has 7 heteroatoms. The number of aliphatic imine (C=N–C) groups is 1. The Morgan fingerprint density at radius 2 is 2.04 bits per heavy atom. The molecule has 0 saturated carbocycles. The maximum Gasteiger partial charge on any atom is 0.407 e. The van der Waals surface area contributed by atoms with Gasteiger partial charge in [0, 0.05) is 40.4 Å². The summed E-state index contributed by atoms with van der Waals surface area (Å²) in [6.07, 6.45) is 3.86. The Kier molecular flexibility index (Phi) is 8.89. The molecule has 1 fully saturated rings. The second-order valence-electron chi connectivity index (χ2n) is 7.11. The Labute approximate surface area is 146 Å². The molecule has 7 nitrogen and oxygen atoms in total. The van der Waals surface area contributed by atoms with E-state index in [4.69, 9.17) is 9.47 Å². The van der Waals surface area contributed by atoms with Gasteiger partial charge < -0.3 is 25.0 Å². The summed E-state index contributed by atoms with van der Waals surface area (Å²) in [4.78, 5) is 18.4. The van der Waals surface area contributed by atoms with Gasteiger partial charge in [0.05, 0.1) is 6.04 Å². The van der Waals surface area contributed by atoms with Crippen LogP contribution in [0.2, 0.25) is 0 Å². The molecular weight excluding hydrogens is 308 g/mol. The van der Waals surface area contributed by atoms with Crippen molar-refractivity contribution in [3.8, 4) is 0 Å². The number of carbonyl (C=O) groups is 1. The third-order valence-corrected chi connectivity index (χ3v) is 3.73. The Morgan fingerprint density at radius 1 is 1.29 bits per heavy atom. The number of rotatable bonds is 7. The summed E-state index contributed by atoms with van der Waals surface area (Å²) >= 11 is 0. The van der Waals surface area contributed by atoms with E-state index in [2.05, 4.69) is 20.5 Å². The molecule has 1 aliphatic heterocycles. The van der Waals surface area contributed by atoms with Gasteiger partial charge in [0.15, 0.2) is 5.96 Å². The lowest BCUT2D eigenvalue weighted by molar-refractivity contribution is 0.0507. The van der Waals surface area contributed by atoms with E-state index in [1.54, 1.807) is 14.2 Å². The molecule has 0 radical (unpaired) electrons. The van der Waals surface area contributed by atoms with E-state index in [1.807, 2.05) is 20.8 Å². The van der Waals surface area contributed by atoms with Crippen LogP contribution in [0.4, 0.5) is 4.79 Å². The first-order valence-electron chi connectivity index (χ1n) is 8.79. The van der Waals surface area contributed by atoms with Crippen LogP contribution >= 0.6 is 0 Å². The molecule has 0 aromatic heterocycles. The van der Waals surface area contributed by atoms with Gasteiger partial charge in [0.1, 0.15) is 5.60 Å². The average Bonchev–Trinajstić information content (AvgIpc) is 2.92. The Bertz CT molecular complexity index is 407. The Balaban J connectivity index is 2.28. The van der Waals surface area contributed by atoms with Crippen LogP contribution in [-0.4, -0.2) is 69.0 Å². The first-order valence-corrected chi connectivity index (χ1v) is 8.79. The van der Waals surface area contributed by atoms with E-state index in [-0.39, 0.29) is 12.1 Å². The molecule has 0 spiro atoms. The minimum absolute atomic E-state index is 0.0973. The average molecular weight is 342 g/mol. The lowest BCUT2D eigenvalue weighted by Crippen LogP contribution is -2.44. The van der Waals surface area contributed by atoms with Crippen molar-refractivity contribution in [2.75, 3.05) is 40.4 Å². The highest BCUT2D eigenvalue weighted by atomic mass is 16.6. The van der Waals surface area contributed by atoms with E-state index in [1.165, 1.54) is 0 Å². The van der Waals surface area contributed by atoms with Crippen LogP contribution in [0, 0.1) is 0 Å². The summed E-state index contributed by atoms with van der Waals surface area (Å²) in [6, 6.07) is 0.0973. The van der Waals surface area contributed by atoms with E-state index < -0.39 is 5.60 Å². The zero-order valence-electron chi connectivity index (χ0n) is 15.9. The molecule has 24 heavy (non-hydrogen) atoms. The SMILES string of the molecule is CN=C(NCCCCCOC)N1CCC(NC(=O)OC(C)(C)C)C1. The van der Waals surface area contributed by atoms with Crippen molar-refractivity contribution in [1.29, 1.82) is 0 Å². The molecule has 0 aromatic rings. The number of methoxy groups -OCH3 is 1. The van der Waals surface area contributed by atoms with Crippen molar-refractivity contribution in [3.63, 3.8) is 0 Å². The molecule has 1 amide bonds. The second-order valence-corrected chi connectivity index (χ2v) is 7.11. The van der Waals surface area contributed by atoms with Gasteiger partial charge in [-0.05, 0) is 46.5 Å². The van der Waals surface area contributed by atoms with Crippen LogP contribution in [-0.2, 0) is 9.47 Å². The molecule has 1 aliphatic rings. The number of hydrogen-bond donors (Lipinski definition) is 2. The quantitative estimate of drug-likeness (QED) is 0.420. The first kappa shape index (κ1) is 20.5. The fourth-order valence-electron chi connectivity index (χ4n) is 2.63. The minimum Gasteiger partial charge on any atom is -0.444 e. The van der Waals surface area contributed by atoms with Crippen LogP contribution in [0.3, 0.4) is 0 Å². The number of hydrogen-bond acceptors (Lipinski definition) is 4. The number of guanidine groups is 1. The van der Waals surface area contributed by atoms with E-state index in [0.717, 1.165) is 57.9 Å². The van der Waals surface area contributed by atoms with E-state index >= 15 is 0 Å². The highest BCUT2D eigenvalue weighted by Crippen LogP contribution is 2.12. The van der Waals surface area contributed by atoms with Crippen LogP contribution in [0.15, 0.2) is 4.99 Å². The standard InChI is InChI=1S/C17H34N4O3/c1-17(2,3)24-16(22)20-14-9-11-21(13-14)15(18-4)19-10-7-6-8-12-23-5/h14H,6-13H2,1-5H3,(H,18,19)(H,20,22). The number of carbonyl (C=O) groups excluding carboxylic acids is 1. The van der Waals surface area contributed by atoms with Crippen LogP contribution in [0.1, 0.15) is 46.5 Å². The number of nitrogens with one attached hydrogen (secondary N) is 2. The fourth-order valence-corrected chi connectivity index (χ4v) is 2.63. The molecule has 0 aliphatic carbocycles. The zero-order chi connectivity index (χ0) is 18.0. The van der Waals surface area contributed by atoms with Crippen LogP contribution in [0.5, 0.6) is 0 Å². The second kappa shape index (κ2) is 10.4. The highest BCUT2D eigenvalue weighted by Gasteiger charge is 2.27. The van der Waals surface area contributed by atoms with Crippen molar-refractivity contribution in [2.45, 2.75) is 58.1 Å². The maximum absolute atomic E-state index is 11.8. The normalized spacial score (nSPS) is 18.6. The molecule has 140 valence electrons. The van der Waals surface area contributed by atoms with Gasteiger partial charge in [0.2, 0.25) is 0 Å². The number of ether oxygens (including phenoxy) is 2. The third-order valence-electron chi connectivity index (χ3n) is 3.73. The predicted molar refractivity (Wildman–Crippen MR) is 96.4 cm³/mol. The summed E-state index contributed by atoms with van der Waals surface area (Å²) in [5.74, 6) is 0.898. The molecule has 2 N–H and O–H groups in total. The molecule has 1 unspecified atom stereocenters. The molecule has 0 bridgehead atoms. The summed E-state index contributed by atoms with van der Waals surface area (Å²) in [6.45, 7) is 8.95. The van der Waals surface area contributed by atoms with Gasteiger partial charge in [-0.1, -0.05) is 0 Å². The lowest BCUT2D eigenvalue weighted by Gasteiger charge is -2.23.